The van der Waals surface area contributed by atoms with E-state index in [1.54, 1.807) is 12.3 Å². The van der Waals surface area contributed by atoms with Gasteiger partial charge >= 0.3 is 0 Å². The van der Waals surface area contributed by atoms with Crippen LogP contribution in [0.2, 0.25) is 0 Å². The highest BCUT2D eigenvalue weighted by Gasteiger charge is 2.18. The molecule has 0 aliphatic carbocycles. The van der Waals surface area contributed by atoms with Crippen molar-refractivity contribution in [1.82, 2.24) is 15.2 Å². The molecule has 1 aromatic heterocycles. The van der Waals surface area contributed by atoms with E-state index in [2.05, 4.69) is 27.6 Å². The summed E-state index contributed by atoms with van der Waals surface area (Å²) in [4.78, 5) is 18.5. The number of likely N-dealkylation sites (tertiary alicyclic amines) is 1. The summed E-state index contributed by atoms with van der Waals surface area (Å²) in [6, 6.07) is 2.04. The van der Waals surface area contributed by atoms with E-state index in [0.29, 0.717) is 23.8 Å². The minimum absolute atomic E-state index is 0.144. The molecular weight excluding hydrogens is 254 g/mol. The first-order valence-corrected chi connectivity index (χ1v) is 7.15. The lowest BCUT2D eigenvalue weighted by Crippen LogP contribution is -2.44. The van der Waals surface area contributed by atoms with Gasteiger partial charge in [-0.3, -0.25) is 20.5 Å². The van der Waals surface area contributed by atoms with Crippen LogP contribution in [0.25, 0.3) is 0 Å². The van der Waals surface area contributed by atoms with Gasteiger partial charge in [-0.25, -0.2) is 0 Å². The molecule has 110 valence electrons. The highest BCUT2D eigenvalue weighted by atomic mass is 16.1. The summed E-state index contributed by atoms with van der Waals surface area (Å²) in [5, 5.41) is 2.95. The number of amides is 1. The van der Waals surface area contributed by atoms with Gasteiger partial charge in [-0.1, -0.05) is 6.42 Å². The quantitative estimate of drug-likeness (QED) is 0.552. The van der Waals surface area contributed by atoms with Crippen molar-refractivity contribution in [1.29, 1.82) is 0 Å². The number of hydrogen-bond acceptors (Lipinski definition) is 5. The second-order valence-corrected chi connectivity index (χ2v) is 5.22. The molecule has 0 radical (unpaired) electrons. The number of hydrazine groups is 1. The lowest BCUT2D eigenvalue weighted by Gasteiger charge is -2.32. The monoisotopic (exact) mass is 277 g/mol. The Morgan fingerprint density at radius 2 is 2.20 bits per heavy atom. The van der Waals surface area contributed by atoms with Gasteiger partial charge in [-0.2, -0.15) is 0 Å². The van der Waals surface area contributed by atoms with Gasteiger partial charge in [0.25, 0.3) is 5.91 Å². The molecule has 1 saturated heterocycles. The number of anilines is 1. The van der Waals surface area contributed by atoms with Gasteiger partial charge in [-0.15, -0.1) is 0 Å². The topological polar surface area (TPSA) is 83.3 Å². The molecule has 1 aliphatic rings. The number of pyridine rings is 1. The summed E-state index contributed by atoms with van der Waals surface area (Å²) in [6.07, 6.45) is 6.94. The van der Waals surface area contributed by atoms with Crippen LogP contribution in [0.15, 0.2) is 18.5 Å². The number of carbonyl (C=O) groups is 1. The second-order valence-electron chi connectivity index (χ2n) is 5.22. The normalized spacial score (nSPS) is 17.5. The minimum atomic E-state index is -0.144. The summed E-state index contributed by atoms with van der Waals surface area (Å²) >= 11 is 0. The molecule has 0 spiro atoms. The van der Waals surface area contributed by atoms with E-state index < -0.39 is 0 Å². The van der Waals surface area contributed by atoms with Gasteiger partial charge in [0.15, 0.2) is 0 Å². The predicted molar refractivity (Wildman–Crippen MR) is 79.3 cm³/mol. The van der Waals surface area contributed by atoms with Crippen LogP contribution in [-0.2, 0) is 0 Å². The van der Waals surface area contributed by atoms with Crippen LogP contribution in [-0.4, -0.2) is 41.5 Å². The van der Waals surface area contributed by atoms with Crippen LogP contribution in [0.4, 0.5) is 5.69 Å². The van der Waals surface area contributed by atoms with Crippen molar-refractivity contribution in [2.45, 2.75) is 32.2 Å². The lowest BCUT2D eigenvalue weighted by molar-refractivity contribution is 0.0930. The highest BCUT2D eigenvalue weighted by molar-refractivity contribution is 5.99. The van der Waals surface area contributed by atoms with Crippen molar-refractivity contribution in [2.75, 3.05) is 25.1 Å². The Morgan fingerprint density at radius 3 is 2.90 bits per heavy atom. The van der Waals surface area contributed by atoms with Crippen molar-refractivity contribution in [2.24, 2.45) is 5.84 Å². The van der Waals surface area contributed by atoms with E-state index in [1.807, 2.05) is 0 Å². The number of aromatic nitrogens is 1. The summed E-state index contributed by atoms with van der Waals surface area (Å²) in [5.74, 6) is 5.25. The van der Waals surface area contributed by atoms with Crippen molar-refractivity contribution in [3.05, 3.63) is 24.0 Å². The van der Waals surface area contributed by atoms with Crippen LogP contribution < -0.4 is 16.6 Å². The van der Waals surface area contributed by atoms with E-state index >= 15 is 0 Å². The Hall–Kier alpha value is -1.66. The van der Waals surface area contributed by atoms with E-state index in [1.165, 1.54) is 25.5 Å². The van der Waals surface area contributed by atoms with Gasteiger partial charge < -0.3 is 10.7 Å². The van der Waals surface area contributed by atoms with Gasteiger partial charge in [0.1, 0.15) is 0 Å². The fourth-order valence-electron chi connectivity index (χ4n) is 2.53. The minimum Gasteiger partial charge on any atom is -0.350 e. The molecule has 6 nitrogen and oxygen atoms in total. The first kappa shape index (κ1) is 14.7. The van der Waals surface area contributed by atoms with Gasteiger partial charge in [0.2, 0.25) is 0 Å². The SMILES string of the molecule is CC(CNC(=O)c1cnccc1NN)N1CCCCC1. The third-order valence-electron chi connectivity index (χ3n) is 3.79. The maximum atomic E-state index is 12.1. The van der Waals surface area contributed by atoms with Crippen LogP contribution in [0.5, 0.6) is 0 Å². The molecule has 2 heterocycles. The van der Waals surface area contributed by atoms with Crippen molar-refractivity contribution in [3.8, 4) is 0 Å². The summed E-state index contributed by atoms with van der Waals surface area (Å²) < 4.78 is 0. The number of rotatable bonds is 5. The average Bonchev–Trinajstić information content (AvgIpc) is 2.53. The maximum absolute atomic E-state index is 12.1. The standard InChI is InChI=1S/C14H23N5O/c1-11(19-7-3-2-4-8-19)9-17-14(20)12-10-16-6-5-13(12)18-15/h5-6,10-11H,2-4,7-9,15H2,1H3,(H,16,18)(H,17,20). The summed E-state index contributed by atoms with van der Waals surface area (Å²) in [6.45, 7) is 5.04. The molecule has 4 N–H and O–H groups in total. The number of hydrogen-bond donors (Lipinski definition) is 3. The first-order valence-electron chi connectivity index (χ1n) is 7.15. The molecule has 1 unspecified atom stereocenters. The number of carbonyl (C=O) groups excluding carboxylic acids is 1. The zero-order valence-electron chi connectivity index (χ0n) is 11.9. The van der Waals surface area contributed by atoms with E-state index in [4.69, 9.17) is 5.84 Å². The molecule has 20 heavy (non-hydrogen) atoms. The molecule has 1 atom stereocenters. The Bertz CT molecular complexity index is 445. The van der Waals surface area contributed by atoms with Crippen molar-refractivity contribution in [3.63, 3.8) is 0 Å². The molecule has 1 amide bonds. The molecule has 1 fully saturated rings. The second kappa shape index (κ2) is 7.21. The van der Waals surface area contributed by atoms with Crippen LogP contribution >= 0.6 is 0 Å². The smallest absolute Gasteiger partial charge is 0.255 e. The van der Waals surface area contributed by atoms with Crippen molar-refractivity contribution >= 4 is 11.6 Å². The van der Waals surface area contributed by atoms with Crippen LogP contribution in [0.1, 0.15) is 36.5 Å². The summed E-state index contributed by atoms with van der Waals surface area (Å²) in [7, 11) is 0. The Labute approximate surface area is 119 Å². The van der Waals surface area contributed by atoms with Crippen LogP contribution in [0, 0.1) is 0 Å². The number of piperidine rings is 1. The Morgan fingerprint density at radius 1 is 1.45 bits per heavy atom. The fraction of sp³-hybridized carbons (Fsp3) is 0.571. The first-order chi connectivity index (χ1) is 9.72. The Kier molecular flexibility index (Phi) is 5.31. The third-order valence-corrected chi connectivity index (χ3v) is 3.79. The molecule has 0 saturated carbocycles. The van der Waals surface area contributed by atoms with E-state index in [0.717, 1.165) is 13.1 Å². The third kappa shape index (κ3) is 3.68. The molecule has 6 heteroatoms. The largest absolute Gasteiger partial charge is 0.350 e. The number of nitrogens with two attached hydrogens (primary N) is 1. The molecule has 1 aliphatic heterocycles. The van der Waals surface area contributed by atoms with E-state index in [9.17, 15) is 4.79 Å². The Balaban J connectivity index is 1.88. The molecular formula is C14H23N5O. The number of nitrogens with one attached hydrogen (secondary N) is 2. The molecule has 1 aromatic rings. The van der Waals surface area contributed by atoms with Gasteiger partial charge in [0.05, 0.1) is 11.3 Å². The summed E-state index contributed by atoms with van der Waals surface area (Å²) in [5.41, 5.74) is 3.58. The highest BCUT2D eigenvalue weighted by Crippen LogP contribution is 2.13. The fourth-order valence-corrected chi connectivity index (χ4v) is 2.53. The zero-order chi connectivity index (χ0) is 14.4. The van der Waals surface area contributed by atoms with Crippen molar-refractivity contribution < 1.29 is 4.79 Å². The zero-order valence-corrected chi connectivity index (χ0v) is 11.9. The molecule has 0 bridgehead atoms. The van der Waals surface area contributed by atoms with Crippen LogP contribution in [0.3, 0.4) is 0 Å². The van der Waals surface area contributed by atoms with Gasteiger partial charge in [0, 0.05) is 25.0 Å². The number of nitrogen functional groups attached to an aromatic ring is 1. The van der Waals surface area contributed by atoms with E-state index in [-0.39, 0.29) is 5.91 Å². The molecule has 0 aromatic carbocycles. The maximum Gasteiger partial charge on any atom is 0.255 e. The average molecular weight is 277 g/mol. The lowest BCUT2D eigenvalue weighted by atomic mass is 10.1. The molecule has 2 rings (SSSR count). The number of nitrogens with zero attached hydrogens (tertiary/aromatic N) is 2. The van der Waals surface area contributed by atoms with Gasteiger partial charge in [-0.05, 0) is 38.9 Å². The predicted octanol–water partition coefficient (Wildman–Crippen LogP) is 0.971.